The first-order valence-corrected chi connectivity index (χ1v) is 0. The van der Waals surface area contributed by atoms with Gasteiger partial charge in [0.05, 0.1) is 0 Å². The average molecular weight is 552 g/mol. The molecule has 5 heavy (non-hydrogen) atoms. The number of hydrogen-bond acceptors (Lipinski definition) is 0. The van der Waals surface area contributed by atoms with Crippen molar-refractivity contribution in [2.75, 3.05) is 0 Å². The Morgan fingerprint density at radius 1 is 0.600 bits per heavy atom. The van der Waals surface area contributed by atoms with Gasteiger partial charge >= 0.3 is 51.4 Å². The van der Waals surface area contributed by atoms with E-state index in [1.165, 1.54) is 0 Å². The van der Waals surface area contributed by atoms with E-state index < -0.39 is 0 Å². The van der Waals surface area contributed by atoms with Crippen LogP contribution in [0.15, 0.2) is 0 Å². The second-order valence-electron chi connectivity index (χ2n) is 0. The van der Waals surface area contributed by atoms with Crippen LogP contribution in [0.5, 0.6) is 0 Å². The van der Waals surface area contributed by atoms with Gasteiger partial charge in [-0.3, -0.25) is 0 Å². The summed E-state index contributed by atoms with van der Waals surface area (Å²) in [5, 5.41) is 0. The molecular formula is H5I4K. The summed E-state index contributed by atoms with van der Waals surface area (Å²) in [7, 11) is 0. The second kappa shape index (κ2) is 23.5. The SMILES string of the molecule is I.I.I.I.[H-].[K+]. The molecule has 0 radical (unpaired) electrons. The van der Waals surface area contributed by atoms with Crippen LogP contribution in [0.3, 0.4) is 0 Å². The van der Waals surface area contributed by atoms with Gasteiger partial charge in [-0.05, 0) is 0 Å². The normalized spacial score (nSPS) is 0. The van der Waals surface area contributed by atoms with Gasteiger partial charge in [0.1, 0.15) is 0 Å². The maximum absolute atomic E-state index is 0. The fourth-order valence-electron chi connectivity index (χ4n) is 0. The number of halogens is 4. The van der Waals surface area contributed by atoms with Crippen LogP contribution < -0.4 is 51.4 Å². The zero-order valence-corrected chi connectivity index (χ0v) is 15.1. The van der Waals surface area contributed by atoms with Crippen LogP contribution in [0.4, 0.5) is 0 Å². The Hall–Kier alpha value is 4.56. The maximum atomic E-state index is 0. The van der Waals surface area contributed by atoms with Crippen molar-refractivity contribution >= 4 is 95.9 Å². The Morgan fingerprint density at radius 2 is 0.600 bits per heavy atom. The standard InChI is InChI=1S/4HI.K.H/h4*1H;;/q;;;;+1;-1. The molecule has 0 spiro atoms. The van der Waals surface area contributed by atoms with E-state index in [0.717, 1.165) is 0 Å². The van der Waals surface area contributed by atoms with Gasteiger partial charge in [0, 0.05) is 0 Å². The predicted molar refractivity (Wildman–Crippen MR) is 62.8 cm³/mol. The van der Waals surface area contributed by atoms with Gasteiger partial charge in [-0.2, -0.15) is 0 Å². The molecule has 0 aromatic heterocycles. The first kappa shape index (κ1) is 33.7. The van der Waals surface area contributed by atoms with E-state index in [1.54, 1.807) is 0 Å². The molecule has 0 rings (SSSR count). The van der Waals surface area contributed by atoms with Crippen molar-refractivity contribution in [1.29, 1.82) is 0 Å². The number of rotatable bonds is 0. The van der Waals surface area contributed by atoms with Crippen molar-refractivity contribution < 1.29 is 52.8 Å². The third-order valence-corrected chi connectivity index (χ3v) is 0. The van der Waals surface area contributed by atoms with Crippen LogP contribution in [0.2, 0.25) is 0 Å². The Kier molecular flexibility index (Phi) is 159. The van der Waals surface area contributed by atoms with Crippen LogP contribution >= 0.6 is 95.9 Å². The molecule has 0 saturated heterocycles. The van der Waals surface area contributed by atoms with Gasteiger partial charge in [-0.1, -0.05) is 0 Å². The fourth-order valence-corrected chi connectivity index (χ4v) is 0. The predicted octanol–water partition coefficient (Wildman–Crippen LogP) is -0.411. The Morgan fingerprint density at radius 3 is 0.600 bits per heavy atom. The zero-order chi connectivity index (χ0) is 0. The summed E-state index contributed by atoms with van der Waals surface area (Å²) in [4.78, 5) is 0. The first-order chi connectivity index (χ1) is 0. The second-order valence-corrected chi connectivity index (χ2v) is 0. The molecule has 0 saturated carbocycles. The zero-order valence-electron chi connectivity index (χ0n) is 3.63. The Balaban J connectivity index is 0. The van der Waals surface area contributed by atoms with Gasteiger partial charge in [-0.15, -0.1) is 95.9 Å². The van der Waals surface area contributed by atoms with Crippen molar-refractivity contribution in [3.8, 4) is 0 Å². The topological polar surface area (TPSA) is 0 Å². The summed E-state index contributed by atoms with van der Waals surface area (Å²) in [6, 6.07) is 0. The molecule has 0 N–H and O–H groups in total. The van der Waals surface area contributed by atoms with Gasteiger partial charge in [0.2, 0.25) is 0 Å². The molecule has 0 aliphatic rings. The van der Waals surface area contributed by atoms with Crippen LogP contribution in [-0.2, 0) is 0 Å². The summed E-state index contributed by atoms with van der Waals surface area (Å²) in [5.74, 6) is 0. The minimum atomic E-state index is 0. The van der Waals surface area contributed by atoms with E-state index in [2.05, 4.69) is 0 Å². The average Bonchev–Trinajstić information content (AvgIpc) is 0. The van der Waals surface area contributed by atoms with Gasteiger partial charge in [-0.25, -0.2) is 0 Å². The van der Waals surface area contributed by atoms with Crippen molar-refractivity contribution in [2.24, 2.45) is 0 Å². The molecule has 0 aromatic carbocycles. The summed E-state index contributed by atoms with van der Waals surface area (Å²) < 4.78 is 0. The molecule has 0 atom stereocenters. The fraction of sp³-hybridized carbons (Fsp3) is 0. The van der Waals surface area contributed by atoms with Crippen molar-refractivity contribution in [3.63, 3.8) is 0 Å². The van der Waals surface area contributed by atoms with E-state index in [0.29, 0.717) is 0 Å². The Labute approximate surface area is 144 Å². The monoisotopic (exact) mass is 552 g/mol. The molecule has 0 heterocycles. The van der Waals surface area contributed by atoms with Crippen LogP contribution in [0.25, 0.3) is 0 Å². The third-order valence-electron chi connectivity index (χ3n) is 0. The van der Waals surface area contributed by atoms with E-state index in [9.17, 15) is 0 Å². The van der Waals surface area contributed by atoms with Crippen LogP contribution in [-0.4, -0.2) is 0 Å². The molecule has 0 unspecified atom stereocenters. The molecule has 0 aromatic rings. The third kappa shape index (κ3) is 17.7. The summed E-state index contributed by atoms with van der Waals surface area (Å²) in [6.45, 7) is 0. The maximum Gasteiger partial charge on any atom is 1.00 e. The molecular weight excluding hydrogens is 547 g/mol. The van der Waals surface area contributed by atoms with E-state index >= 15 is 0 Å². The van der Waals surface area contributed by atoms with Crippen LogP contribution in [0.1, 0.15) is 1.43 Å². The van der Waals surface area contributed by atoms with Crippen LogP contribution in [0, 0.1) is 0 Å². The van der Waals surface area contributed by atoms with E-state index in [-0.39, 0.29) is 149 Å². The smallest absolute Gasteiger partial charge is 1.00 e. The van der Waals surface area contributed by atoms with Gasteiger partial charge in [0.15, 0.2) is 0 Å². The molecule has 0 aliphatic heterocycles. The minimum absolute atomic E-state index is 0. The molecule has 0 amide bonds. The van der Waals surface area contributed by atoms with E-state index in [4.69, 9.17) is 0 Å². The van der Waals surface area contributed by atoms with E-state index in [1.807, 2.05) is 0 Å². The minimum Gasteiger partial charge on any atom is -1.00 e. The molecule has 5 heteroatoms. The number of hydrogen-bond donors (Lipinski definition) is 0. The van der Waals surface area contributed by atoms with Crippen molar-refractivity contribution in [3.05, 3.63) is 0 Å². The summed E-state index contributed by atoms with van der Waals surface area (Å²) in [6.07, 6.45) is 0. The molecule has 0 bridgehead atoms. The van der Waals surface area contributed by atoms with Crippen molar-refractivity contribution in [1.82, 2.24) is 0 Å². The first-order valence-electron chi connectivity index (χ1n) is 0. The molecule has 0 aliphatic carbocycles. The molecule has 0 nitrogen and oxygen atoms in total. The quantitative estimate of drug-likeness (QED) is 0.284. The molecule has 0 fully saturated rings. The van der Waals surface area contributed by atoms with Gasteiger partial charge < -0.3 is 1.43 Å². The summed E-state index contributed by atoms with van der Waals surface area (Å²) >= 11 is 0. The Bertz CT molecular complexity index is 7.51. The molecule has 34 valence electrons. The largest absolute Gasteiger partial charge is 1.00 e. The van der Waals surface area contributed by atoms with Gasteiger partial charge in [0.25, 0.3) is 0 Å². The summed E-state index contributed by atoms with van der Waals surface area (Å²) in [5.41, 5.74) is 0. The van der Waals surface area contributed by atoms with Crippen molar-refractivity contribution in [2.45, 2.75) is 0 Å².